The minimum atomic E-state index is -0.292. The normalized spacial score (nSPS) is 13.1. The van der Waals surface area contributed by atoms with Gasteiger partial charge in [-0.3, -0.25) is 4.79 Å². The molecular weight excluding hydrogens is 466 g/mol. The van der Waals surface area contributed by atoms with Crippen LogP contribution < -0.4 is 20.5 Å². The number of aryl methyl sites for hydroxylation is 1. The Morgan fingerprint density at radius 3 is 2.46 bits per heavy atom. The molecule has 0 radical (unpaired) electrons. The van der Waals surface area contributed by atoms with Gasteiger partial charge in [0.15, 0.2) is 18.1 Å². The van der Waals surface area contributed by atoms with Gasteiger partial charge in [0.05, 0.1) is 23.9 Å². The maximum absolute atomic E-state index is 12.3. The number of methoxy groups -OCH3 is 1. The van der Waals surface area contributed by atoms with E-state index in [9.17, 15) is 15.3 Å². The zero-order valence-corrected chi connectivity index (χ0v) is 21.0. The maximum atomic E-state index is 12.3. The second-order valence-corrected chi connectivity index (χ2v) is 8.62. The fourth-order valence-electron chi connectivity index (χ4n) is 4.23. The lowest BCUT2D eigenvalue weighted by atomic mass is 9.95. The first kappa shape index (κ1) is 25.0. The molecule has 0 spiro atoms. The number of nitriles is 2. The maximum Gasteiger partial charge on any atom is 0.262 e. The Balaban J connectivity index is 1.61. The lowest BCUT2D eigenvalue weighted by molar-refractivity contribution is -0.118. The third-order valence-electron chi connectivity index (χ3n) is 6.18. The summed E-state index contributed by atoms with van der Waals surface area (Å²) in [6.07, 6.45) is 1.90. The van der Waals surface area contributed by atoms with Crippen LogP contribution in [0.5, 0.6) is 11.5 Å². The van der Waals surface area contributed by atoms with Gasteiger partial charge in [-0.1, -0.05) is 23.8 Å². The standard InChI is InChI=1S/C29H25N5O3/c1-16-5-8-20(9-6-16)33-26(35)15-37-24-10-7-19(12-25(24)36-4)11-21-17(2)22(13-30)28-27(21)18(3)23(14-31)29(32)34-28/h5-12H,15H2,1-4H3,(H2,32,34)(H,33,35). The predicted molar refractivity (Wildman–Crippen MR) is 142 cm³/mol. The molecule has 184 valence electrons. The highest BCUT2D eigenvalue weighted by Gasteiger charge is 2.29. The van der Waals surface area contributed by atoms with Crippen LogP contribution in [0.4, 0.5) is 11.5 Å². The van der Waals surface area contributed by atoms with Gasteiger partial charge in [-0.25, -0.2) is 4.98 Å². The molecule has 0 aliphatic heterocycles. The first-order chi connectivity index (χ1) is 17.8. The summed E-state index contributed by atoms with van der Waals surface area (Å²) < 4.78 is 11.2. The van der Waals surface area contributed by atoms with E-state index in [0.717, 1.165) is 22.3 Å². The molecule has 8 nitrogen and oxygen atoms in total. The minimum absolute atomic E-state index is 0.107. The summed E-state index contributed by atoms with van der Waals surface area (Å²) in [7, 11) is 1.52. The Hall–Kier alpha value is -5.08. The molecule has 4 rings (SSSR count). The predicted octanol–water partition coefficient (Wildman–Crippen LogP) is 5.03. The highest BCUT2D eigenvalue weighted by molar-refractivity contribution is 6.08. The number of nitrogen functional groups attached to an aromatic ring is 1. The van der Waals surface area contributed by atoms with Gasteiger partial charge in [-0.15, -0.1) is 0 Å². The number of pyridine rings is 1. The third-order valence-corrected chi connectivity index (χ3v) is 6.18. The van der Waals surface area contributed by atoms with E-state index in [1.54, 1.807) is 19.1 Å². The molecule has 3 aromatic rings. The summed E-state index contributed by atoms with van der Waals surface area (Å²) in [5.41, 5.74) is 12.7. The molecule has 1 aliphatic rings. The van der Waals surface area contributed by atoms with Crippen molar-refractivity contribution >= 4 is 34.6 Å². The zero-order valence-electron chi connectivity index (χ0n) is 21.0. The molecule has 2 aromatic carbocycles. The number of fused-ring (bicyclic) bond motifs is 1. The van der Waals surface area contributed by atoms with Crippen LogP contribution in [0.2, 0.25) is 0 Å². The molecular formula is C29H25N5O3. The van der Waals surface area contributed by atoms with Gasteiger partial charge in [0.25, 0.3) is 5.91 Å². The number of nitrogens with two attached hydrogens (primary N) is 1. The first-order valence-corrected chi connectivity index (χ1v) is 11.5. The Labute approximate surface area is 215 Å². The molecule has 0 unspecified atom stereocenters. The van der Waals surface area contributed by atoms with Crippen LogP contribution in [0.3, 0.4) is 0 Å². The number of allylic oxidation sites excluding steroid dienone is 3. The van der Waals surface area contributed by atoms with Gasteiger partial charge in [-0.05, 0) is 73.4 Å². The number of nitrogens with zero attached hydrogens (tertiary/aromatic N) is 3. The number of carbonyl (C=O) groups is 1. The molecule has 1 aliphatic carbocycles. The van der Waals surface area contributed by atoms with E-state index in [2.05, 4.69) is 22.4 Å². The van der Waals surface area contributed by atoms with E-state index in [1.165, 1.54) is 7.11 Å². The van der Waals surface area contributed by atoms with Crippen molar-refractivity contribution in [3.63, 3.8) is 0 Å². The minimum Gasteiger partial charge on any atom is -0.493 e. The van der Waals surface area contributed by atoms with Crippen molar-refractivity contribution in [2.24, 2.45) is 0 Å². The van der Waals surface area contributed by atoms with Gasteiger partial charge >= 0.3 is 0 Å². The smallest absolute Gasteiger partial charge is 0.262 e. The second kappa shape index (κ2) is 10.3. The third kappa shape index (κ3) is 4.86. The van der Waals surface area contributed by atoms with Crippen molar-refractivity contribution in [2.75, 3.05) is 24.8 Å². The van der Waals surface area contributed by atoms with Crippen LogP contribution in [0.25, 0.3) is 17.2 Å². The van der Waals surface area contributed by atoms with Gasteiger partial charge in [-0.2, -0.15) is 10.5 Å². The number of hydrogen-bond acceptors (Lipinski definition) is 7. The summed E-state index contributed by atoms with van der Waals surface area (Å²) in [5.74, 6) is 0.677. The van der Waals surface area contributed by atoms with Crippen molar-refractivity contribution < 1.29 is 14.3 Å². The van der Waals surface area contributed by atoms with Crippen LogP contribution in [-0.2, 0) is 4.79 Å². The summed E-state index contributed by atoms with van der Waals surface area (Å²) in [6.45, 7) is 5.43. The van der Waals surface area contributed by atoms with E-state index in [1.807, 2.05) is 50.3 Å². The molecule has 1 heterocycles. The number of nitrogens with one attached hydrogen (secondary N) is 1. The van der Waals surface area contributed by atoms with Crippen molar-refractivity contribution in [3.05, 3.63) is 81.5 Å². The molecule has 3 N–H and O–H groups in total. The number of carbonyl (C=O) groups excluding carboxylic acids is 1. The highest BCUT2D eigenvalue weighted by Crippen LogP contribution is 2.44. The van der Waals surface area contributed by atoms with E-state index < -0.39 is 0 Å². The first-order valence-electron chi connectivity index (χ1n) is 11.5. The molecule has 0 bridgehead atoms. The number of aromatic nitrogens is 1. The number of benzene rings is 2. The number of hydrogen-bond donors (Lipinski definition) is 2. The average Bonchev–Trinajstić information content (AvgIpc) is 3.14. The fourth-order valence-corrected chi connectivity index (χ4v) is 4.23. The van der Waals surface area contributed by atoms with Gasteiger partial charge in [0.1, 0.15) is 18.0 Å². The van der Waals surface area contributed by atoms with E-state index in [0.29, 0.717) is 45.1 Å². The number of rotatable bonds is 6. The van der Waals surface area contributed by atoms with Gasteiger partial charge in [0.2, 0.25) is 0 Å². The molecule has 0 saturated heterocycles. The average molecular weight is 492 g/mol. The zero-order chi connectivity index (χ0) is 26.7. The molecule has 0 fully saturated rings. The molecule has 37 heavy (non-hydrogen) atoms. The van der Waals surface area contributed by atoms with Gasteiger partial charge < -0.3 is 20.5 Å². The lowest BCUT2D eigenvalue weighted by Crippen LogP contribution is -2.20. The van der Waals surface area contributed by atoms with Crippen LogP contribution in [0, 0.1) is 36.5 Å². The van der Waals surface area contributed by atoms with Crippen molar-refractivity contribution in [1.82, 2.24) is 4.98 Å². The molecule has 0 atom stereocenters. The highest BCUT2D eigenvalue weighted by atomic mass is 16.5. The summed E-state index contributed by atoms with van der Waals surface area (Å²) >= 11 is 0. The SMILES string of the molecule is COc1cc(C=C2C(C)=C(C#N)c3nc(N)c(C#N)c(C)c32)ccc1OCC(=O)Nc1ccc(C)cc1. The molecule has 8 heteroatoms. The number of ether oxygens (including phenoxy) is 2. The Kier molecular flexibility index (Phi) is 6.95. The van der Waals surface area contributed by atoms with Crippen LogP contribution in [0.1, 0.15) is 40.4 Å². The van der Waals surface area contributed by atoms with Crippen molar-refractivity contribution in [2.45, 2.75) is 20.8 Å². The molecule has 1 aromatic heterocycles. The van der Waals surface area contributed by atoms with E-state index in [4.69, 9.17) is 15.2 Å². The van der Waals surface area contributed by atoms with Gasteiger partial charge in [0, 0.05) is 11.3 Å². The fraction of sp³-hybridized carbons (Fsp3) is 0.172. The van der Waals surface area contributed by atoms with Crippen LogP contribution >= 0.6 is 0 Å². The lowest BCUT2D eigenvalue weighted by Gasteiger charge is -2.13. The Morgan fingerprint density at radius 1 is 1.08 bits per heavy atom. The van der Waals surface area contributed by atoms with Crippen LogP contribution in [-0.4, -0.2) is 24.6 Å². The van der Waals surface area contributed by atoms with Crippen molar-refractivity contribution in [3.8, 4) is 23.6 Å². The van der Waals surface area contributed by atoms with Crippen molar-refractivity contribution in [1.29, 1.82) is 10.5 Å². The second-order valence-electron chi connectivity index (χ2n) is 8.62. The van der Waals surface area contributed by atoms with E-state index >= 15 is 0 Å². The van der Waals surface area contributed by atoms with E-state index in [-0.39, 0.29) is 18.3 Å². The number of anilines is 2. The molecule has 0 saturated carbocycles. The number of amides is 1. The van der Waals surface area contributed by atoms with Crippen LogP contribution in [0.15, 0.2) is 48.0 Å². The topological polar surface area (TPSA) is 134 Å². The summed E-state index contributed by atoms with van der Waals surface area (Å²) in [5, 5.41) is 22.1. The Morgan fingerprint density at radius 2 is 1.81 bits per heavy atom. The Bertz CT molecular complexity index is 1550. The summed E-state index contributed by atoms with van der Waals surface area (Å²) in [4.78, 5) is 16.7. The quantitative estimate of drug-likeness (QED) is 0.494. The summed E-state index contributed by atoms with van der Waals surface area (Å²) in [6, 6.07) is 17.1. The monoisotopic (exact) mass is 491 g/mol. The molecule has 1 amide bonds. The largest absolute Gasteiger partial charge is 0.493 e.